The molecule has 1 saturated heterocycles. The third-order valence-corrected chi connectivity index (χ3v) is 5.55. The van der Waals surface area contributed by atoms with Gasteiger partial charge in [-0.15, -0.1) is 11.8 Å². The second kappa shape index (κ2) is 4.57. The molecule has 1 aliphatic heterocycles. The molecular formula is C12H22N2OS. The van der Waals surface area contributed by atoms with Crippen LogP contribution in [0.1, 0.15) is 45.4 Å². The minimum absolute atomic E-state index is 0.0940. The van der Waals surface area contributed by atoms with Crippen LogP contribution < -0.4 is 11.1 Å². The Morgan fingerprint density at radius 3 is 2.50 bits per heavy atom. The van der Waals surface area contributed by atoms with Gasteiger partial charge in [-0.3, -0.25) is 4.79 Å². The maximum atomic E-state index is 12.3. The van der Waals surface area contributed by atoms with Crippen LogP contribution in [0.25, 0.3) is 0 Å². The van der Waals surface area contributed by atoms with Crippen LogP contribution in [0.2, 0.25) is 0 Å². The lowest BCUT2D eigenvalue weighted by atomic mass is 9.95. The number of nitrogens with two attached hydrogens (primary N) is 1. The molecule has 16 heavy (non-hydrogen) atoms. The second-order valence-corrected chi connectivity index (χ2v) is 6.93. The summed E-state index contributed by atoms with van der Waals surface area (Å²) in [6.45, 7) is 2.65. The van der Waals surface area contributed by atoms with Crippen molar-refractivity contribution < 1.29 is 4.79 Å². The van der Waals surface area contributed by atoms with Crippen LogP contribution in [-0.4, -0.2) is 28.5 Å². The first-order valence-corrected chi connectivity index (χ1v) is 7.25. The molecule has 3 nitrogen and oxygen atoms in total. The number of carbonyl (C=O) groups is 1. The number of amides is 1. The van der Waals surface area contributed by atoms with Crippen LogP contribution in [0.3, 0.4) is 0 Å². The van der Waals surface area contributed by atoms with E-state index in [1.165, 1.54) is 12.8 Å². The van der Waals surface area contributed by atoms with Crippen molar-refractivity contribution in [2.24, 2.45) is 5.73 Å². The molecule has 1 atom stereocenters. The van der Waals surface area contributed by atoms with Gasteiger partial charge in [0.1, 0.15) is 0 Å². The lowest BCUT2D eigenvalue weighted by Gasteiger charge is -2.33. The van der Waals surface area contributed by atoms with Crippen LogP contribution >= 0.6 is 11.8 Å². The van der Waals surface area contributed by atoms with Gasteiger partial charge in [0.25, 0.3) is 0 Å². The molecule has 1 unspecified atom stereocenters. The molecule has 3 N–H and O–H groups in total. The zero-order chi connectivity index (χ0) is 11.6. The largest absolute Gasteiger partial charge is 0.348 e. The van der Waals surface area contributed by atoms with E-state index in [0.717, 1.165) is 31.4 Å². The van der Waals surface area contributed by atoms with Crippen molar-refractivity contribution in [2.75, 3.05) is 12.3 Å². The average molecular weight is 242 g/mol. The fraction of sp³-hybridized carbons (Fsp3) is 0.917. The van der Waals surface area contributed by atoms with Gasteiger partial charge in [0.2, 0.25) is 5.91 Å². The van der Waals surface area contributed by atoms with Gasteiger partial charge >= 0.3 is 0 Å². The first kappa shape index (κ1) is 12.2. The van der Waals surface area contributed by atoms with Gasteiger partial charge in [-0.25, -0.2) is 0 Å². The van der Waals surface area contributed by atoms with Crippen molar-refractivity contribution in [3.8, 4) is 0 Å². The summed E-state index contributed by atoms with van der Waals surface area (Å²) in [5.41, 5.74) is 5.74. The Kier molecular flexibility index (Phi) is 3.50. The highest BCUT2D eigenvalue weighted by Gasteiger charge is 2.42. The Balaban J connectivity index is 2.00. The van der Waals surface area contributed by atoms with E-state index < -0.39 is 0 Å². The Morgan fingerprint density at radius 1 is 1.31 bits per heavy atom. The summed E-state index contributed by atoms with van der Waals surface area (Å²) in [6.07, 6.45) is 6.66. The molecule has 1 aliphatic carbocycles. The number of rotatable bonds is 3. The first-order valence-electron chi connectivity index (χ1n) is 6.27. The van der Waals surface area contributed by atoms with E-state index in [4.69, 9.17) is 5.73 Å². The Bertz CT molecular complexity index is 268. The van der Waals surface area contributed by atoms with Crippen molar-refractivity contribution in [3.05, 3.63) is 0 Å². The van der Waals surface area contributed by atoms with Crippen molar-refractivity contribution in [1.29, 1.82) is 0 Å². The SMILES string of the molecule is CC1(C(=O)NC2(CN)CCCC2)CCCS1. The van der Waals surface area contributed by atoms with Crippen LogP contribution in [0.15, 0.2) is 0 Å². The molecule has 2 fully saturated rings. The van der Waals surface area contributed by atoms with Crippen molar-refractivity contribution in [1.82, 2.24) is 5.32 Å². The lowest BCUT2D eigenvalue weighted by molar-refractivity contribution is -0.125. The summed E-state index contributed by atoms with van der Waals surface area (Å²) >= 11 is 1.79. The Hall–Kier alpha value is -0.220. The number of carbonyl (C=O) groups excluding carboxylic acids is 1. The number of hydrogen-bond donors (Lipinski definition) is 2. The highest BCUT2D eigenvalue weighted by molar-refractivity contribution is 8.01. The fourth-order valence-electron chi connectivity index (χ4n) is 2.76. The third-order valence-electron chi connectivity index (χ3n) is 4.03. The highest BCUT2D eigenvalue weighted by Crippen LogP contribution is 2.39. The molecule has 2 aliphatic rings. The molecule has 0 aromatic heterocycles. The monoisotopic (exact) mass is 242 g/mol. The van der Waals surface area contributed by atoms with Crippen molar-refractivity contribution >= 4 is 17.7 Å². The molecule has 0 radical (unpaired) electrons. The van der Waals surface area contributed by atoms with E-state index in [9.17, 15) is 4.79 Å². The summed E-state index contributed by atoms with van der Waals surface area (Å²) in [6, 6.07) is 0. The summed E-state index contributed by atoms with van der Waals surface area (Å²) in [7, 11) is 0. The van der Waals surface area contributed by atoms with E-state index >= 15 is 0 Å². The highest BCUT2D eigenvalue weighted by atomic mass is 32.2. The van der Waals surface area contributed by atoms with Gasteiger partial charge in [0.05, 0.1) is 10.3 Å². The van der Waals surface area contributed by atoms with Crippen molar-refractivity contribution in [2.45, 2.75) is 55.7 Å². The minimum atomic E-state index is -0.204. The molecule has 1 saturated carbocycles. The predicted molar refractivity (Wildman–Crippen MR) is 68.5 cm³/mol. The second-order valence-electron chi connectivity index (χ2n) is 5.33. The molecule has 0 spiro atoms. The smallest absolute Gasteiger partial charge is 0.236 e. The maximum Gasteiger partial charge on any atom is 0.236 e. The molecule has 2 rings (SSSR count). The molecule has 0 bridgehead atoms. The van der Waals surface area contributed by atoms with Gasteiger partial charge in [0, 0.05) is 6.54 Å². The van der Waals surface area contributed by atoms with Crippen LogP contribution in [0, 0.1) is 0 Å². The average Bonchev–Trinajstić information content (AvgIpc) is 2.89. The van der Waals surface area contributed by atoms with Gasteiger partial charge in [-0.05, 0) is 38.4 Å². The number of nitrogens with one attached hydrogen (secondary N) is 1. The van der Waals surface area contributed by atoms with Crippen LogP contribution in [0.5, 0.6) is 0 Å². The molecule has 0 aromatic rings. The topological polar surface area (TPSA) is 55.1 Å². The molecule has 0 aromatic carbocycles. The molecule has 92 valence electrons. The zero-order valence-electron chi connectivity index (χ0n) is 10.1. The quantitative estimate of drug-likeness (QED) is 0.791. The predicted octanol–water partition coefficient (Wildman–Crippen LogP) is 1.66. The van der Waals surface area contributed by atoms with E-state index in [2.05, 4.69) is 12.2 Å². The zero-order valence-corrected chi connectivity index (χ0v) is 10.9. The normalized spacial score (nSPS) is 32.9. The molecule has 1 amide bonds. The molecule has 4 heteroatoms. The number of hydrogen-bond acceptors (Lipinski definition) is 3. The van der Waals surface area contributed by atoms with Crippen LogP contribution in [-0.2, 0) is 4.79 Å². The summed E-state index contributed by atoms with van der Waals surface area (Å²) in [5.74, 6) is 1.32. The van der Waals surface area contributed by atoms with Gasteiger partial charge in [-0.2, -0.15) is 0 Å². The minimum Gasteiger partial charge on any atom is -0.348 e. The Labute approximate surface area is 102 Å². The summed E-state index contributed by atoms with van der Waals surface area (Å²) in [4.78, 5) is 12.3. The number of thioether (sulfide) groups is 1. The lowest BCUT2D eigenvalue weighted by Crippen LogP contribution is -2.56. The molecule has 1 heterocycles. The standard InChI is InChI=1S/C12H22N2OS/c1-11(5-4-8-16-11)10(15)14-12(9-13)6-2-3-7-12/h2-9,13H2,1H3,(H,14,15). The van der Waals surface area contributed by atoms with Crippen molar-refractivity contribution in [3.63, 3.8) is 0 Å². The summed E-state index contributed by atoms with van der Waals surface area (Å²) < 4.78 is -0.204. The van der Waals surface area contributed by atoms with Gasteiger partial charge in [0.15, 0.2) is 0 Å². The van der Waals surface area contributed by atoms with Gasteiger partial charge in [-0.1, -0.05) is 12.8 Å². The third kappa shape index (κ3) is 2.23. The molecular weight excluding hydrogens is 220 g/mol. The van der Waals surface area contributed by atoms with Crippen LogP contribution in [0.4, 0.5) is 0 Å². The summed E-state index contributed by atoms with van der Waals surface area (Å²) in [5, 5.41) is 3.24. The van der Waals surface area contributed by atoms with E-state index in [1.54, 1.807) is 11.8 Å². The first-order chi connectivity index (χ1) is 7.60. The fourth-order valence-corrected chi connectivity index (χ4v) is 3.97. The van der Waals surface area contributed by atoms with E-state index in [0.29, 0.717) is 6.54 Å². The van der Waals surface area contributed by atoms with Gasteiger partial charge < -0.3 is 11.1 Å². The maximum absolute atomic E-state index is 12.3. The Morgan fingerprint density at radius 2 is 2.00 bits per heavy atom. The van der Waals surface area contributed by atoms with E-state index in [-0.39, 0.29) is 16.2 Å². The van der Waals surface area contributed by atoms with E-state index in [1.807, 2.05) is 0 Å².